The number of anilines is 1. The van der Waals surface area contributed by atoms with Gasteiger partial charge in [0.05, 0.1) is 0 Å². The van der Waals surface area contributed by atoms with E-state index >= 15 is 0 Å². The van der Waals surface area contributed by atoms with Crippen molar-refractivity contribution >= 4 is 22.6 Å². The van der Waals surface area contributed by atoms with Crippen LogP contribution in [0.5, 0.6) is 0 Å². The number of alkyl halides is 3. The average Bonchev–Trinajstić information content (AvgIpc) is 2.97. The summed E-state index contributed by atoms with van der Waals surface area (Å²) in [7, 11) is 0. The second kappa shape index (κ2) is 6.78. The molecule has 0 spiro atoms. The molecule has 0 saturated carbocycles. The van der Waals surface area contributed by atoms with E-state index in [4.69, 9.17) is 4.74 Å². The Hall–Kier alpha value is -2.09. The molecule has 0 fully saturated rings. The molecular formula is C14H13F3N2O2S. The van der Waals surface area contributed by atoms with Gasteiger partial charge in [0.15, 0.2) is 10.8 Å². The Bertz CT molecular complexity index is 629. The van der Waals surface area contributed by atoms with E-state index in [1.165, 1.54) is 0 Å². The fourth-order valence-electron chi connectivity index (χ4n) is 1.66. The molecule has 0 saturated heterocycles. The Kier molecular flexibility index (Phi) is 5.02. The van der Waals surface area contributed by atoms with Gasteiger partial charge in [-0.15, -0.1) is 11.3 Å². The van der Waals surface area contributed by atoms with Crippen LogP contribution in [0.1, 0.15) is 18.2 Å². The van der Waals surface area contributed by atoms with Crippen LogP contribution in [0.15, 0.2) is 35.7 Å². The predicted octanol–water partition coefficient (Wildman–Crippen LogP) is 4.33. The first-order valence-electron chi connectivity index (χ1n) is 6.42. The summed E-state index contributed by atoms with van der Waals surface area (Å²) in [6, 6.07) is 9.01. The molecule has 0 bridgehead atoms. The molecule has 4 nitrogen and oxygen atoms in total. The van der Waals surface area contributed by atoms with Crippen LogP contribution in [0.25, 0.3) is 0 Å². The predicted molar refractivity (Wildman–Crippen MR) is 76.8 cm³/mol. The van der Waals surface area contributed by atoms with Crippen molar-refractivity contribution in [3.8, 4) is 0 Å². The number of halogens is 3. The fourth-order valence-corrected chi connectivity index (χ4v) is 2.54. The van der Waals surface area contributed by atoms with Gasteiger partial charge in [0, 0.05) is 11.9 Å². The van der Waals surface area contributed by atoms with Crippen molar-refractivity contribution in [3.05, 3.63) is 47.0 Å². The molecule has 1 aromatic heterocycles. The zero-order valence-electron chi connectivity index (χ0n) is 11.6. The van der Waals surface area contributed by atoms with E-state index in [9.17, 15) is 18.0 Å². The molecule has 0 aliphatic carbocycles. The summed E-state index contributed by atoms with van der Waals surface area (Å²) in [4.78, 5) is 16.5. The summed E-state index contributed by atoms with van der Waals surface area (Å²) < 4.78 is 42.7. The highest BCUT2D eigenvalue weighted by molar-refractivity contribution is 7.14. The topological polar surface area (TPSA) is 42.4 Å². The van der Waals surface area contributed by atoms with E-state index in [-0.39, 0.29) is 18.3 Å². The highest BCUT2D eigenvalue weighted by atomic mass is 32.1. The lowest BCUT2D eigenvalue weighted by Gasteiger charge is -2.17. The lowest BCUT2D eigenvalue weighted by Crippen LogP contribution is -2.31. The molecule has 0 radical (unpaired) electrons. The fraction of sp³-hybridized carbons (Fsp3) is 0.286. The van der Waals surface area contributed by atoms with E-state index in [1.54, 1.807) is 31.2 Å². The number of hydrogen-bond donors (Lipinski definition) is 0. The summed E-state index contributed by atoms with van der Waals surface area (Å²) in [5.74, 6) is 0. The van der Waals surface area contributed by atoms with Crippen molar-refractivity contribution in [1.82, 2.24) is 4.98 Å². The minimum Gasteiger partial charge on any atom is -0.444 e. The van der Waals surface area contributed by atoms with Gasteiger partial charge in [-0.25, -0.2) is 9.78 Å². The molecule has 0 N–H and O–H groups in total. The van der Waals surface area contributed by atoms with Gasteiger partial charge in [-0.3, -0.25) is 4.90 Å². The number of rotatable bonds is 4. The van der Waals surface area contributed by atoms with Gasteiger partial charge < -0.3 is 4.74 Å². The molecule has 8 heteroatoms. The number of nitrogens with zero attached hydrogens (tertiary/aromatic N) is 2. The zero-order chi connectivity index (χ0) is 16.2. The van der Waals surface area contributed by atoms with Crippen LogP contribution in [-0.2, 0) is 17.5 Å². The van der Waals surface area contributed by atoms with Crippen LogP contribution in [0.2, 0.25) is 0 Å². The van der Waals surface area contributed by atoms with Crippen LogP contribution in [0.3, 0.4) is 0 Å². The number of hydrogen-bond acceptors (Lipinski definition) is 4. The molecule has 2 aromatic rings. The summed E-state index contributed by atoms with van der Waals surface area (Å²) in [5, 5.41) is 0.843. The van der Waals surface area contributed by atoms with Crippen LogP contribution in [0, 0.1) is 0 Å². The second-order valence-corrected chi connectivity index (χ2v) is 5.13. The number of amides is 1. The average molecular weight is 330 g/mol. The van der Waals surface area contributed by atoms with E-state index in [2.05, 4.69) is 4.98 Å². The number of thiazole rings is 1. The normalized spacial score (nSPS) is 11.3. The van der Waals surface area contributed by atoms with E-state index < -0.39 is 18.0 Å². The maximum atomic E-state index is 12.5. The maximum absolute atomic E-state index is 12.5. The minimum absolute atomic E-state index is 0.0344. The summed E-state index contributed by atoms with van der Waals surface area (Å²) in [5.41, 5.74) is -0.219. The van der Waals surface area contributed by atoms with Crippen LogP contribution in [-0.4, -0.2) is 17.6 Å². The van der Waals surface area contributed by atoms with Gasteiger partial charge in [-0.05, 0) is 12.5 Å². The Labute approximate surface area is 129 Å². The smallest absolute Gasteiger partial charge is 0.434 e. The third kappa shape index (κ3) is 3.97. The van der Waals surface area contributed by atoms with Gasteiger partial charge >= 0.3 is 12.3 Å². The number of carbonyl (C=O) groups is 1. The molecule has 0 aliphatic heterocycles. The van der Waals surface area contributed by atoms with Crippen molar-refractivity contribution in [2.24, 2.45) is 0 Å². The molecule has 0 unspecified atom stereocenters. The number of carbonyl (C=O) groups excluding carboxylic acids is 1. The van der Waals surface area contributed by atoms with Gasteiger partial charge in [0.25, 0.3) is 0 Å². The summed E-state index contributed by atoms with van der Waals surface area (Å²) >= 11 is 0.753. The molecule has 1 heterocycles. The maximum Gasteiger partial charge on any atom is 0.434 e. The number of aromatic nitrogens is 1. The van der Waals surface area contributed by atoms with Crippen molar-refractivity contribution in [2.75, 3.05) is 11.4 Å². The second-order valence-electron chi connectivity index (χ2n) is 4.30. The summed E-state index contributed by atoms with van der Waals surface area (Å²) in [6.45, 7) is 1.85. The monoisotopic (exact) mass is 330 g/mol. The highest BCUT2D eigenvalue weighted by Gasteiger charge is 2.35. The highest BCUT2D eigenvalue weighted by Crippen LogP contribution is 2.33. The summed E-state index contributed by atoms with van der Waals surface area (Å²) in [6.07, 6.45) is -5.25. The first-order valence-corrected chi connectivity index (χ1v) is 7.30. The molecule has 0 atom stereocenters. The largest absolute Gasteiger partial charge is 0.444 e. The SMILES string of the molecule is CCN(C(=O)OCc1ccccc1)c1nc(C(F)(F)F)cs1. The minimum atomic E-state index is -4.53. The molecule has 22 heavy (non-hydrogen) atoms. The Balaban J connectivity index is 2.04. The van der Waals surface area contributed by atoms with Crippen LogP contribution in [0.4, 0.5) is 23.1 Å². The molecule has 2 rings (SSSR count). The first kappa shape index (κ1) is 16.3. The van der Waals surface area contributed by atoms with Gasteiger partial charge in [-0.2, -0.15) is 13.2 Å². The molecule has 118 valence electrons. The first-order chi connectivity index (χ1) is 10.4. The van der Waals surface area contributed by atoms with Crippen molar-refractivity contribution in [2.45, 2.75) is 19.7 Å². The number of ether oxygens (including phenoxy) is 1. The van der Waals surface area contributed by atoms with Crippen molar-refractivity contribution < 1.29 is 22.7 Å². The van der Waals surface area contributed by atoms with Gasteiger partial charge in [0.2, 0.25) is 0 Å². The molecular weight excluding hydrogens is 317 g/mol. The van der Waals surface area contributed by atoms with Crippen LogP contribution >= 0.6 is 11.3 Å². The van der Waals surface area contributed by atoms with E-state index in [0.29, 0.717) is 0 Å². The molecule has 1 amide bonds. The third-order valence-corrected chi connectivity index (χ3v) is 3.62. The standard InChI is InChI=1S/C14H13F3N2O2S/c1-2-19(12-18-11(9-22-12)14(15,16)17)13(20)21-8-10-6-4-3-5-7-10/h3-7,9H,2,8H2,1H3. The van der Waals surface area contributed by atoms with Crippen LogP contribution < -0.4 is 4.90 Å². The Morgan fingerprint density at radius 2 is 2.00 bits per heavy atom. The van der Waals surface area contributed by atoms with E-state index in [0.717, 1.165) is 27.2 Å². The third-order valence-electron chi connectivity index (χ3n) is 2.76. The van der Waals surface area contributed by atoms with Crippen molar-refractivity contribution in [1.29, 1.82) is 0 Å². The lowest BCUT2D eigenvalue weighted by atomic mass is 10.2. The zero-order valence-corrected chi connectivity index (χ0v) is 12.4. The number of benzene rings is 1. The molecule has 1 aromatic carbocycles. The lowest BCUT2D eigenvalue weighted by molar-refractivity contribution is -0.140. The van der Waals surface area contributed by atoms with Gasteiger partial charge in [-0.1, -0.05) is 30.3 Å². The van der Waals surface area contributed by atoms with Gasteiger partial charge in [0.1, 0.15) is 6.61 Å². The van der Waals surface area contributed by atoms with E-state index in [1.807, 2.05) is 6.07 Å². The van der Waals surface area contributed by atoms with Crippen molar-refractivity contribution in [3.63, 3.8) is 0 Å². The Morgan fingerprint density at radius 3 is 2.55 bits per heavy atom. The quantitative estimate of drug-likeness (QED) is 0.838. The Morgan fingerprint density at radius 1 is 1.32 bits per heavy atom. The molecule has 0 aliphatic rings.